The molecule has 0 bridgehead atoms. The van der Waals surface area contributed by atoms with E-state index < -0.39 is 11.3 Å². The number of nitrogens with one attached hydrogen (secondary N) is 1. The van der Waals surface area contributed by atoms with Gasteiger partial charge in [-0.2, -0.15) is 0 Å². The molecule has 1 atom stereocenters. The highest BCUT2D eigenvalue weighted by Gasteiger charge is 2.24. The van der Waals surface area contributed by atoms with Crippen molar-refractivity contribution in [3.63, 3.8) is 0 Å². The van der Waals surface area contributed by atoms with E-state index in [0.717, 1.165) is 0 Å². The number of pyridine rings is 1. The largest absolute Gasteiger partial charge is 0.494 e. The summed E-state index contributed by atoms with van der Waals surface area (Å²) in [4.78, 5) is 17.9. The van der Waals surface area contributed by atoms with Crippen LogP contribution < -0.4 is 18.9 Å². The lowest BCUT2D eigenvalue weighted by atomic mass is 10.2. The van der Waals surface area contributed by atoms with Crippen LogP contribution >= 0.6 is 0 Å². The summed E-state index contributed by atoms with van der Waals surface area (Å²) in [5.41, 5.74) is 1.63. The number of fused-ring (bicyclic) bond motifs is 1. The molecule has 0 saturated carbocycles. The molecule has 0 aliphatic carbocycles. The van der Waals surface area contributed by atoms with Gasteiger partial charge in [0.15, 0.2) is 22.9 Å². The van der Waals surface area contributed by atoms with E-state index in [-0.39, 0.29) is 5.82 Å². The van der Waals surface area contributed by atoms with Gasteiger partial charge in [-0.25, -0.2) is 24.1 Å². The molecule has 3 aromatic heterocycles. The summed E-state index contributed by atoms with van der Waals surface area (Å²) >= 11 is -2.32. The highest BCUT2D eigenvalue weighted by atomic mass is 32.2. The van der Waals surface area contributed by atoms with Crippen LogP contribution in [0, 0.1) is 0 Å². The SMILES string of the molecule is CCOc1cccc(-c2nc3ncc(NS(=O)O)nc3n2-c2c(OC)cccc2OC)n1. The van der Waals surface area contributed by atoms with E-state index in [9.17, 15) is 8.76 Å². The molecular formula is C20H20N6O5S. The van der Waals surface area contributed by atoms with Crippen LogP contribution in [-0.4, -0.2) is 54.1 Å². The molecule has 4 aromatic rings. The maximum atomic E-state index is 11.2. The van der Waals surface area contributed by atoms with Crippen molar-refractivity contribution in [2.24, 2.45) is 0 Å². The van der Waals surface area contributed by atoms with Gasteiger partial charge in [0.1, 0.15) is 22.9 Å². The van der Waals surface area contributed by atoms with Gasteiger partial charge in [0, 0.05) is 6.07 Å². The molecule has 12 heteroatoms. The highest BCUT2D eigenvalue weighted by molar-refractivity contribution is 7.80. The van der Waals surface area contributed by atoms with Gasteiger partial charge in [-0.1, -0.05) is 12.1 Å². The third-order valence-electron chi connectivity index (χ3n) is 4.43. The number of hydrogen-bond donors (Lipinski definition) is 2. The first kappa shape index (κ1) is 21.5. The molecule has 11 nitrogen and oxygen atoms in total. The van der Waals surface area contributed by atoms with Crippen LogP contribution in [0.15, 0.2) is 42.6 Å². The lowest BCUT2D eigenvalue weighted by molar-refractivity contribution is 0.327. The highest BCUT2D eigenvalue weighted by Crippen LogP contribution is 2.37. The molecule has 0 aliphatic heterocycles. The third kappa shape index (κ3) is 4.05. The minimum absolute atomic E-state index is 0.0934. The number of ether oxygens (including phenoxy) is 3. The van der Waals surface area contributed by atoms with E-state index in [1.165, 1.54) is 6.20 Å². The number of imidazole rings is 1. The molecule has 1 unspecified atom stereocenters. The fourth-order valence-corrected chi connectivity index (χ4v) is 3.47. The van der Waals surface area contributed by atoms with Crippen LogP contribution in [0.5, 0.6) is 17.4 Å². The number of methoxy groups -OCH3 is 2. The fourth-order valence-electron chi connectivity index (χ4n) is 3.19. The Morgan fingerprint density at radius 2 is 1.78 bits per heavy atom. The van der Waals surface area contributed by atoms with Gasteiger partial charge in [0.2, 0.25) is 5.88 Å². The zero-order valence-corrected chi connectivity index (χ0v) is 18.3. The molecular weight excluding hydrogens is 436 g/mol. The molecule has 2 N–H and O–H groups in total. The Morgan fingerprint density at radius 3 is 2.44 bits per heavy atom. The van der Waals surface area contributed by atoms with Gasteiger partial charge < -0.3 is 14.2 Å². The van der Waals surface area contributed by atoms with Crippen LogP contribution in [0.4, 0.5) is 5.82 Å². The fraction of sp³-hybridized carbons (Fsp3) is 0.200. The maximum Gasteiger partial charge on any atom is 0.260 e. The van der Waals surface area contributed by atoms with Crippen LogP contribution in [0.2, 0.25) is 0 Å². The zero-order chi connectivity index (χ0) is 22.7. The zero-order valence-electron chi connectivity index (χ0n) is 17.5. The monoisotopic (exact) mass is 456 g/mol. The van der Waals surface area contributed by atoms with E-state index >= 15 is 0 Å². The van der Waals surface area contributed by atoms with Crippen LogP contribution in [0.1, 0.15) is 6.92 Å². The Labute approximate surface area is 185 Å². The Morgan fingerprint density at radius 1 is 1.06 bits per heavy atom. The number of anilines is 1. The molecule has 4 rings (SSSR count). The van der Waals surface area contributed by atoms with Gasteiger partial charge in [-0.05, 0) is 25.1 Å². The molecule has 0 spiro atoms. The average Bonchev–Trinajstić information content (AvgIpc) is 3.17. The van der Waals surface area contributed by atoms with Crippen molar-refractivity contribution < 1.29 is 23.0 Å². The first-order chi connectivity index (χ1) is 15.5. The van der Waals surface area contributed by atoms with Crippen molar-refractivity contribution >= 4 is 28.4 Å². The number of nitrogens with zero attached hydrogens (tertiary/aromatic N) is 5. The molecule has 32 heavy (non-hydrogen) atoms. The number of hydrogen-bond acceptors (Lipinski definition) is 8. The summed E-state index contributed by atoms with van der Waals surface area (Å²) < 4.78 is 41.1. The minimum Gasteiger partial charge on any atom is -0.494 e. The molecule has 166 valence electrons. The predicted octanol–water partition coefficient (Wildman–Crippen LogP) is 2.84. The molecule has 0 saturated heterocycles. The van der Waals surface area contributed by atoms with Gasteiger partial charge in [-0.15, -0.1) is 0 Å². The number of aromatic nitrogens is 5. The van der Waals surface area contributed by atoms with E-state index in [1.54, 1.807) is 55.2 Å². The minimum atomic E-state index is -2.32. The Balaban J connectivity index is 2.06. The molecule has 3 heterocycles. The second-order valence-corrected chi connectivity index (χ2v) is 7.03. The number of benzene rings is 1. The van der Waals surface area contributed by atoms with Gasteiger partial charge in [0.25, 0.3) is 11.3 Å². The second kappa shape index (κ2) is 9.16. The number of rotatable bonds is 8. The van der Waals surface area contributed by atoms with Crippen molar-refractivity contribution in [3.05, 3.63) is 42.6 Å². The molecule has 0 radical (unpaired) electrons. The second-order valence-electron chi connectivity index (χ2n) is 6.33. The molecule has 0 aliphatic rings. The van der Waals surface area contributed by atoms with Crippen molar-refractivity contribution in [2.75, 3.05) is 25.5 Å². The third-order valence-corrected chi connectivity index (χ3v) is 4.82. The summed E-state index contributed by atoms with van der Waals surface area (Å²) in [7, 11) is 3.08. The average molecular weight is 456 g/mol. The topological polar surface area (TPSA) is 134 Å². The summed E-state index contributed by atoms with van der Waals surface area (Å²) in [5, 5.41) is 0. The molecule has 1 aromatic carbocycles. The Kier molecular flexibility index (Phi) is 6.14. The van der Waals surface area contributed by atoms with Gasteiger partial charge in [0.05, 0.1) is 27.0 Å². The quantitative estimate of drug-likeness (QED) is 0.384. The van der Waals surface area contributed by atoms with Crippen LogP contribution in [0.25, 0.3) is 28.5 Å². The summed E-state index contributed by atoms with van der Waals surface area (Å²) in [6, 6.07) is 10.7. The van der Waals surface area contributed by atoms with E-state index in [1.807, 2.05) is 6.92 Å². The summed E-state index contributed by atoms with van der Waals surface area (Å²) in [5.74, 6) is 1.94. The molecule has 0 fully saturated rings. The van der Waals surface area contributed by atoms with Crippen molar-refractivity contribution in [3.8, 4) is 34.6 Å². The Hall–Kier alpha value is -3.77. The van der Waals surface area contributed by atoms with Crippen LogP contribution in [0.3, 0.4) is 0 Å². The lowest BCUT2D eigenvalue weighted by Gasteiger charge is -2.16. The van der Waals surface area contributed by atoms with Gasteiger partial charge in [-0.3, -0.25) is 13.8 Å². The predicted molar refractivity (Wildman–Crippen MR) is 119 cm³/mol. The van der Waals surface area contributed by atoms with Gasteiger partial charge >= 0.3 is 0 Å². The Bertz CT molecular complexity index is 1270. The smallest absolute Gasteiger partial charge is 0.260 e. The number of para-hydroxylation sites is 1. The van der Waals surface area contributed by atoms with Crippen molar-refractivity contribution in [1.82, 2.24) is 24.5 Å². The van der Waals surface area contributed by atoms with E-state index in [2.05, 4.69) is 24.7 Å². The first-order valence-electron chi connectivity index (χ1n) is 9.50. The maximum absolute atomic E-state index is 11.2. The van der Waals surface area contributed by atoms with Crippen LogP contribution in [-0.2, 0) is 11.3 Å². The lowest BCUT2D eigenvalue weighted by Crippen LogP contribution is -2.07. The standard InChI is InChI=1S/C20H20N6O5S/c1-4-31-16-10-5-7-12(22-16)19-24-18-20(23-15(11-21-18)25-32(27)28)26(19)17-13(29-2)8-6-9-14(17)30-3/h5-11H,4H2,1-3H3,(H,23,25)(H,27,28). The van der Waals surface area contributed by atoms with Crippen molar-refractivity contribution in [1.29, 1.82) is 0 Å². The molecule has 0 amide bonds. The summed E-state index contributed by atoms with van der Waals surface area (Å²) in [6.45, 7) is 2.33. The van der Waals surface area contributed by atoms with Crippen molar-refractivity contribution in [2.45, 2.75) is 6.92 Å². The van der Waals surface area contributed by atoms with E-state index in [0.29, 0.717) is 52.5 Å². The normalized spacial score (nSPS) is 11.9. The summed E-state index contributed by atoms with van der Waals surface area (Å²) in [6.07, 6.45) is 1.32. The first-order valence-corrected chi connectivity index (χ1v) is 10.6. The van der Waals surface area contributed by atoms with E-state index in [4.69, 9.17) is 14.2 Å².